The van der Waals surface area contributed by atoms with E-state index in [1.54, 1.807) is 0 Å². The summed E-state index contributed by atoms with van der Waals surface area (Å²) < 4.78 is 4.79. The molecule has 0 unspecified atom stereocenters. The minimum atomic E-state index is 0.840. The van der Waals surface area contributed by atoms with E-state index < -0.39 is 0 Å². The quantitative estimate of drug-likeness (QED) is 0.207. The van der Waals surface area contributed by atoms with Crippen LogP contribution < -0.4 is 0 Å². The number of fused-ring (bicyclic) bond motifs is 2. The molecule has 212 valence electrons. The van der Waals surface area contributed by atoms with Crippen LogP contribution in [0.25, 0.3) is 99.3 Å². The molecule has 0 saturated heterocycles. The van der Waals surface area contributed by atoms with Crippen LogP contribution in [0.5, 0.6) is 0 Å². The summed E-state index contributed by atoms with van der Waals surface area (Å²) in [4.78, 5) is 10.6. The maximum atomic E-state index is 5.37. The van der Waals surface area contributed by atoms with Crippen LogP contribution >= 0.6 is 0 Å². The summed E-state index contributed by atoms with van der Waals surface area (Å²) in [7, 11) is 0. The van der Waals surface area contributed by atoms with Crippen molar-refractivity contribution in [2.24, 2.45) is 0 Å². The summed E-state index contributed by atoms with van der Waals surface area (Å²) in [5, 5.41) is 7.70. The van der Waals surface area contributed by atoms with Crippen molar-refractivity contribution in [3.8, 4) is 33.9 Å². The molecule has 11 rings (SSSR count). The lowest BCUT2D eigenvalue weighted by atomic mass is 9.95. The smallest absolute Gasteiger partial charge is 0.165 e. The molecule has 0 bridgehead atoms. The van der Waals surface area contributed by atoms with Crippen molar-refractivity contribution in [2.75, 3.05) is 0 Å². The van der Waals surface area contributed by atoms with Crippen molar-refractivity contribution < 1.29 is 0 Å². The van der Waals surface area contributed by atoms with Crippen LogP contribution in [-0.2, 0) is 0 Å². The third-order valence-electron chi connectivity index (χ3n) is 9.81. The number of hydrogen-bond donors (Lipinski definition) is 0. The first-order valence-electron chi connectivity index (χ1n) is 15.7. The van der Waals surface area contributed by atoms with E-state index in [2.05, 4.69) is 130 Å². The van der Waals surface area contributed by atoms with Gasteiger partial charge in [0.05, 0.1) is 33.1 Å². The standard InChI is InChI=1S/C42H24N4/c1-3-11-26(12-4-1)41-42(44-31-19-8-7-18-30(31)43-41)46-32-20-10-17-29-28-16-9-13-25-21-22-33-38(36(25)28)40-34(23-24-35(46)39(40)37(29)32)45(33)27-14-5-2-6-15-27/h1-24H. The van der Waals surface area contributed by atoms with Gasteiger partial charge in [0, 0.05) is 32.8 Å². The molecule has 46 heavy (non-hydrogen) atoms. The Morgan fingerprint density at radius 3 is 1.72 bits per heavy atom. The Balaban J connectivity index is 1.40. The van der Waals surface area contributed by atoms with Gasteiger partial charge in [-0.3, -0.25) is 4.57 Å². The fourth-order valence-corrected chi connectivity index (χ4v) is 7.98. The zero-order chi connectivity index (χ0) is 29.9. The minimum absolute atomic E-state index is 0.840. The molecule has 0 radical (unpaired) electrons. The monoisotopic (exact) mass is 584 g/mol. The summed E-state index contributed by atoms with van der Waals surface area (Å²) in [6.07, 6.45) is 0. The molecule has 3 heterocycles. The second-order valence-electron chi connectivity index (χ2n) is 12.2. The molecule has 7 aromatic carbocycles. The maximum absolute atomic E-state index is 5.37. The molecule has 1 aliphatic rings. The Bertz CT molecular complexity index is 2900. The first-order valence-corrected chi connectivity index (χ1v) is 15.7. The molecule has 4 heteroatoms. The van der Waals surface area contributed by atoms with Crippen LogP contribution in [0, 0.1) is 0 Å². The van der Waals surface area contributed by atoms with Gasteiger partial charge in [-0.05, 0) is 70.4 Å². The highest BCUT2D eigenvalue weighted by atomic mass is 15.1. The molecular formula is C42H24N4. The number of para-hydroxylation sites is 3. The van der Waals surface area contributed by atoms with Gasteiger partial charge in [-0.1, -0.05) is 97.1 Å². The third kappa shape index (κ3) is 2.98. The van der Waals surface area contributed by atoms with E-state index in [0.29, 0.717) is 0 Å². The number of rotatable bonds is 3. The maximum Gasteiger partial charge on any atom is 0.165 e. The number of aromatic nitrogens is 4. The van der Waals surface area contributed by atoms with Crippen molar-refractivity contribution in [2.45, 2.75) is 0 Å². The molecule has 3 aromatic heterocycles. The van der Waals surface area contributed by atoms with Gasteiger partial charge in [-0.15, -0.1) is 0 Å². The molecule has 0 atom stereocenters. The molecule has 1 aliphatic carbocycles. The Hall–Kier alpha value is -6.26. The van der Waals surface area contributed by atoms with Crippen LogP contribution in [0.1, 0.15) is 0 Å². The van der Waals surface area contributed by atoms with E-state index in [1.807, 2.05) is 24.3 Å². The highest BCUT2D eigenvalue weighted by molar-refractivity contribution is 6.38. The van der Waals surface area contributed by atoms with Gasteiger partial charge >= 0.3 is 0 Å². The van der Waals surface area contributed by atoms with Crippen molar-refractivity contribution in [1.29, 1.82) is 0 Å². The van der Waals surface area contributed by atoms with Gasteiger partial charge in [0.15, 0.2) is 5.82 Å². The Morgan fingerprint density at radius 2 is 0.935 bits per heavy atom. The lowest BCUT2D eigenvalue weighted by Gasteiger charge is -2.14. The lowest BCUT2D eigenvalue weighted by molar-refractivity contribution is 1.08. The van der Waals surface area contributed by atoms with Gasteiger partial charge in [-0.25, -0.2) is 9.97 Å². The van der Waals surface area contributed by atoms with Gasteiger partial charge in [-0.2, -0.15) is 0 Å². The largest absolute Gasteiger partial charge is 0.309 e. The molecule has 0 spiro atoms. The van der Waals surface area contributed by atoms with E-state index >= 15 is 0 Å². The molecule has 0 saturated carbocycles. The van der Waals surface area contributed by atoms with E-state index in [1.165, 1.54) is 54.5 Å². The Labute approximate surface area is 263 Å². The first kappa shape index (κ1) is 24.1. The molecule has 0 aliphatic heterocycles. The highest BCUT2D eigenvalue weighted by Crippen LogP contribution is 2.51. The average Bonchev–Trinajstić information content (AvgIpc) is 3.60. The van der Waals surface area contributed by atoms with Gasteiger partial charge in [0.2, 0.25) is 0 Å². The third-order valence-corrected chi connectivity index (χ3v) is 9.81. The van der Waals surface area contributed by atoms with Gasteiger partial charge in [0.1, 0.15) is 5.69 Å². The summed E-state index contributed by atoms with van der Waals surface area (Å²) in [5.74, 6) is 0.840. The van der Waals surface area contributed by atoms with E-state index in [-0.39, 0.29) is 0 Å². The van der Waals surface area contributed by atoms with Gasteiger partial charge in [0.25, 0.3) is 0 Å². The highest BCUT2D eigenvalue weighted by Gasteiger charge is 2.28. The first-order chi connectivity index (χ1) is 22.8. The average molecular weight is 585 g/mol. The molecule has 0 N–H and O–H groups in total. The van der Waals surface area contributed by atoms with Crippen LogP contribution in [-0.4, -0.2) is 19.1 Å². The SMILES string of the molecule is c1ccc(-c2nc3ccccc3nc2-n2c3cccc4c3c3c5c6c7c-4cccc7ccc6n(-c4ccccc4)c5ccc32)cc1. The fraction of sp³-hybridized carbons (Fsp3) is 0. The normalized spacial score (nSPS) is 12.3. The predicted molar refractivity (Wildman–Crippen MR) is 190 cm³/mol. The van der Waals surface area contributed by atoms with Crippen LogP contribution in [0.4, 0.5) is 0 Å². The van der Waals surface area contributed by atoms with Gasteiger partial charge < -0.3 is 4.57 Å². The summed E-state index contributed by atoms with van der Waals surface area (Å²) in [5.41, 5.74) is 12.1. The van der Waals surface area contributed by atoms with E-state index in [9.17, 15) is 0 Å². The molecule has 0 fully saturated rings. The number of hydrogen-bond acceptors (Lipinski definition) is 2. The topological polar surface area (TPSA) is 35.6 Å². The summed E-state index contributed by atoms with van der Waals surface area (Å²) in [6.45, 7) is 0. The predicted octanol–water partition coefficient (Wildman–Crippen LogP) is 10.6. The van der Waals surface area contributed by atoms with Crippen LogP contribution in [0.15, 0.2) is 146 Å². The Morgan fingerprint density at radius 1 is 0.370 bits per heavy atom. The van der Waals surface area contributed by atoms with Crippen LogP contribution in [0.2, 0.25) is 0 Å². The minimum Gasteiger partial charge on any atom is -0.309 e. The van der Waals surface area contributed by atoms with E-state index in [0.717, 1.165) is 44.8 Å². The molecular weight excluding hydrogens is 560 g/mol. The fourth-order valence-electron chi connectivity index (χ4n) is 7.98. The van der Waals surface area contributed by atoms with E-state index in [4.69, 9.17) is 9.97 Å². The number of nitrogens with zero attached hydrogens (tertiary/aromatic N) is 4. The van der Waals surface area contributed by atoms with Crippen molar-refractivity contribution >= 4 is 65.4 Å². The number of benzene rings is 7. The van der Waals surface area contributed by atoms with Crippen molar-refractivity contribution in [3.63, 3.8) is 0 Å². The second kappa shape index (κ2) is 8.68. The zero-order valence-corrected chi connectivity index (χ0v) is 24.6. The van der Waals surface area contributed by atoms with Crippen molar-refractivity contribution in [3.05, 3.63) is 146 Å². The lowest BCUT2D eigenvalue weighted by Crippen LogP contribution is -2.03. The van der Waals surface area contributed by atoms with Crippen molar-refractivity contribution in [1.82, 2.24) is 19.1 Å². The second-order valence-corrected chi connectivity index (χ2v) is 12.2. The summed E-state index contributed by atoms with van der Waals surface area (Å²) >= 11 is 0. The summed E-state index contributed by atoms with van der Waals surface area (Å²) in [6, 6.07) is 52.0. The van der Waals surface area contributed by atoms with Crippen LogP contribution in [0.3, 0.4) is 0 Å². The molecule has 10 aromatic rings. The molecule has 0 amide bonds. The molecule has 4 nitrogen and oxygen atoms in total. The Kier molecular flexibility index (Phi) is 4.55. The zero-order valence-electron chi connectivity index (χ0n) is 24.6.